The summed E-state index contributed by atoms with van der Waals surface area (Å²) in [6.07, 6.45) is 9.89. The van der Waals surface area contributed by atoms with E-state index in [0.717, 1.165) is 54.9 Å². The number of aliphatic hydroxyl groups excluding tert-OH is 1. The third-order valence-corrected chi connectivity index (χ3v) is 11.0. The van der Waals surface area contributed by atoms with Crippen LogP contribution < -0.4 is 20.1 Å². The Morgan fingerprint density at radius 2 is 1.47 bits per heavy atom. The van der Waals surface area contributed by atoms with Crippen LogP contribution in [-0.2, 0) is 15.0 Å². The van der Waals surface area contributed by atoms with Crippen LogP contribution in [0.4, 0.5) is 5.69 Å². The summed E-state index contributed by atoms with van der Waals surface area (Å²) in [5.41, 5.74) is 3.68. The van der Waals surface area contributed by atoms with Gasteiger partial charge in [0.25, 0.3) is 11.8 Å². The Labute approximate surface area is 306 Å². The lowest BCUT2D eigenvalue weighted by molar-refractivity contribution is -0.136. The van der Waals surface area contributed by atoms with Crippen LogP contribution in [0.3, 0.4) is 0 Å². The number of hydrogen-bond donors (Lipinski definition) is 3. The van der Waals surface area contributed by atoms with Crippen molar-refractivity contribution in [3.63, 3.8) is 0 Å². The molecule has 0 spiro atoms. The first-order chi connectivity index (χ1) is 25.7. The number of nitrogens with zero attached hydrogens (tertiary/aromatic N) is 3. The molecule has 3 N–H and O–H groups in total. The highest BCUT2D eigenvalue weighted by atomic mass is 16.5. The number of carbonyl (C=O) groups excluding carboxylic acids is 4. The van der Waals surface area contributed by atoms with Gasteiger partial charge in [-0.25, -0.2) is 9.97 Å². The molecule has 2 aliphatic heterocycles. The molecule has 12 nitrogen and oxygen atoms in total. The van der Waals surface area contributed by atoms with E-state index in [0.29, 0.717) is 17.3 Å². The molecule has 4 aliphatic rings. The molecule has 2 atom stereocenters. The number of benzene rings is 3. The zero-order chi connectivity index (χ0) is 36.7. The summed E-state index contributed by atoms with van der Waals surface area (Å²) >= 11 is 0. The van der Waals surface area contributed by atoms with Crippen LogP contribution in [0.25, 0.3) is 0 Å². The molecule has 1 aromatic heterocycles. The molecule has 3 heterocycles. The third-order valence-electron chi connectivity index (χ3n) is 11.0. The number of aliphatic hydroxyl groups is 1. The van der Waals surface area contributed by atoms with Crippen molar-refractivity contribution in [1.82, 2.24) is 20.2 Å². The highest BCUT2D eigenvalue weighted by Crippen LogP contribution is 2.46. The smallest absolute Gasteiger partial charge is 0.262 e. The van der Waals surface area contributed by atoms with Gasteiger partial charge in [-0.2, -0.15) is 0 Å². The third kappa shape index (κ3) is 6.74. The number of nitrogens with one attached hydrogen (secondary N) is 2. The lowest BCUT2D eigenvalue weighted by atomic mass is 9.65. The van der Waals surface area contributed by atoms with Crippen molar-refractivity contribution in [3.8, 4) is 17.2 Å². The number of anilines is 1. The molecule has 8 rings (SSSR count). The Bertz CT molecular complexity index is 2040. The predicted octanol–water partition coefficient (Wildman–Crippen LogP) is 6.00. The van der Waals surface area contributed by atoms with E-state index in [4.69, 9.17) is 9.47 Å². The van der Waals surface area contributed by atoms with Crippen LogP contribution in [0.2, 0.25) is 0 Å². The van der Waals surface area contributed by atoms with Crippen molar-refractivity contribution < 1.29 is 33.8 Å². The SMILES string of the molecule is CC(O)c1ncc(Oc2ccc(C3(c4ccc(OC5CC(Nc6ccc7c(c6)C(=O)N(C6CCC(=O)NC6=O)C7=O)C5)cc4)CCCCC3)cc2)cn1. The van der Waals surface area contributed by atoms with E-state index < -0.39 is 35.8 Å². The lowest BCUT2D eigenvalue weighted by Crippen LogP contribution is -2.54. The van der Waals surface area contributed by atoms with E-state index in [1.807, 2.05) is 12.1 Å². The first kappa shape index (κ1) is 34.5. The molecule has 0 radical (unpaired) electrons. The Morgan fingerprint density at radius 3 is 2.11 bits per heavy atom. The Morgan fingerprint density at radius 1 is 0.830 bits per heavy atom. The van der Waals surface area contributed by atoms with Crippen LogP contribution in [0, 0.1) is 0 Å². The standard InChI is InChI=1S/C41H41N5O7/c1-24(47)37-42-22-32(23-43-37)53-30-12-7-26(8-13-30)41(17-3-2-4-18-41)25-5-10-29(11-6-25)52-31-19-28(20-31)44-27-9-14-33-34(21-27)40(51)46(39(33)50)35-15-16-36(48)45-38(35)49/h5-14,21-24,28,31,35,44,47H,2-4,15-20H2,1H3,(H,45,48,49). The van der Waals surface area contributed by atoms with E-state index in [9.17, 15) is 24.3 Å². The van der Waals surface area contributed by atoms with Gasteiger partial charge < -0.3 is 19.9 Å². The lowest BCUT2D eigenvalue weighted by Gasteiger charge is -2.39. The van der Waals surface area contributed by atoms with Crippen molar-refractivity contribution in [2.45, 2.75) is 94.4 Å². The molecule has 0 bridgehead atoms. The van der Waals surface area contributed by atoms with Gasteiger partial charge in [0.05, 0.1) is 23.5 Å². The van der Waals surface area contributed by atoms with E-state index in [-0.39, 0.29) is 41.5 Å². The number of fused-ring (bicyclic) bond motifs is 1. The van der Waals surface area contributed by atoms with Crippen molar-refractivity contribution in [1.29, 1.82) is 0 Å². The fraction of sp³-hybridized carbons (Fsp3) is 0.366. The number of imide groups is 2. The van der Waals surface area contributed by atoms with Gasteiger partial charge in [-0.15, -0.1) is 0 Å². The van der Waals surface area contributed by atoms with Crippen LogP contribution in [0.5, 0.6) is 17.2 Å². The molecule has 3 fully saturated rings. The highest BCUT2D eigenvalue weighted by Gasteiger charge is 2.45. The minimum Gasteiger partial charge on any atom is -0.490 e. The molecule has 53 heavy (non-hydrogen) atoms. The van der Waals surface area contributed by atoms with Gasteiger partial charge in [0.2, 0.25) is 11.8 Å². The number of hydrogen-bond acceptors (Lipinski definition) is 10. The van der Waals surface area contributed by atoms with Gasteiger partial charge in [0.15, 0.2) is 11.6 Å². The van der Waals surface area contributed by atoms with Crippen LogP contribution >= 0.6 is 0 Å². The van der Waals surface area contributed by atoms with Crippen molar-refractivity contribution >= 4 is 29.3 Å². The molecule has 2 aliphatic carbocycles. The Kier molecular flexibility index (Phi) is 9.15. The first-order valence-corrected chi connectivity index (χ1v) is 18.3. The second-order valence-electron chi connectivity index (χ2n) is 14.5. The molecule has 4 aromatic rings. The van der Waals surface area contributed by atoms with Gasteiger partial charge in [-0.1, -0.05) is 43.5 Å². The topological polar surface area (TPSA) is 160 Å². The summed E-state index contributed by atoms with van der Waals surface area (Å²) in [6.45, 7) is 1.62. The molecule has 272 valence electrons. The van der Waals surface area contributed by atoms with E-state index in [1.165, 1.54) is 17.5 Å². The molecule has 1 saturated heterocycles. The minimum atomic E-state index is -0.987. The number of piperidine rings is 1. The van der Waals surface area contributed by atoms with Gasteiger partial charge in [-0.3, -0.25) is 29.4 Å². The molecule has 4 amide bonds. The summed E-state index contributed by atoms with van der Waals surface area (Å²) in [5.74, 6) is 0.329. The maximum absolute atomic E-state index is 13.2. The summed E-state index contributed by atoms with van der Waals surface area (Å²) in [6, 6.07) is 21.0. The number of ether oxygens (including phenoxy) is 2. The van der Waals surface area contributed by atoms with Crippen molar-refractivity contribution in [2.75, 3.05) is 5.32 Å². The average Bonchev–Trinajstić information content (AvgIpc) is 3.39. The number of aromatic nitrogens is 2. The molecular weight excluding hydrogens is 674 g/mol. The molecule has 2 saturated carbocycles. The summed E-state index contributed by atoms with van der Waals surface area (Å²) < 4.78 is 12.3. The monoisotopic (exact) mass is 715 g/mol. The Balaban J connectivity index is 0.874. The second kappa shape index (κ2) is 14.1. The largest absolute Gasteiger partial charge is 0.490 e. The van der Waals surface area contributed by atoms with Gasteiger partial charge in [0.1, 0.15) is 29.7 Å². The van der Waals surface area contributed by atoms with E-state index in [1.54, 1.807) is 37.5 Å². The van der Waals surface area contributed by atoms with Crippen molar-refractivity contribution in [3.05, 3.63) is 107 Å². The highest BCUT2D eigenvalue weighted by molar-refractivity contribution is 6.23. The molecular formula is C41H41N5O7. The number of carbonyl (C=O) groups is 4. The zero-order valence-corrected chi connectivity index (χ0v) is 29.4. The summed E-state index contributed by atoms with van der Waals surface area (Å²) in [5, 5.41) is 15.4. The number of rotatable bonds is 10. The van der Waals surface area contributed by atoms with E-state index >= 15 is 0 Å². The van der Waals surface area contributed by atoms with Crippen molar-refractivity contribution in [2.24, 2.45) is 0 Å². The summed E-state index contributed by atoms with van der Waals surface area (Å²) in [4.78, 5) is 59.5. The average molecular weight is 716 g/mol. The first-order valence-electron chi connectivity index (χ1n) is 18.3. The zero-order valence-electron chi connectivity index (χ0n) is 29.4. The molecule has 12 heteroatoms. The second-order valence-corrected chi connectivity index (χ2v) is 14.5. The van der Waals surface area contributed by atoms with Gasteiger partial charge >= 0.3 is 0 Å². The van der Waals surface area contributed by atoms with E-state index in [2.05, 4.69) is 57.0 Å². The fourth-order valence-electron chi connectivity index (χ4n) is 8.09. The minimum absolute atomic E-state index is 0.0452. The molecule has 3 aromatic carbocycles. The fourth-order valence-corrected chi connectivity index (χ4v) is 8.09. The van der Waals surface area contributed by atoms with Gasteiger partial charge in [-0.05, 0) is 79.8 Å². The number of amides is 4. The van der Waals surface area contributed by atoms with Crippen LogP contribution in [0.15, 0.2) is 79.1 Å². The quantitative estimate of drug-likeness (QED) is 0.166. The molecule has 2 unspecified atom stereocenters. The normalized spacial score (nSPS) is 22.8. The maximum atomic E-state index is 13.2. The van der Waals surface area contributed by atoms with Crippen LogP contribution in [-0.4, -0.2) is 61.8 Å². The maximum Gasteiger partial charge on any atom is 0.262 e. The van der Waals surface area contributed by atoms with Crippen LogP contribution in [0.1, 0.15) is 108 Å². The summed E-state index contributed by atoms with van der Waals surface area (Å²) in [7, 11) is 0. The predicted molar refractivity (Wildman–Crippen MR) is 194 cm³/mol. The van der Waals surface area contributed by atoms with Gasteiger partial charge in [0, 0.05) is 36.4 Å². The Hall–Kier alpha value is -5.62.